The molecule has 0 fully saturated rings. The van der Waals surface area contributed by atoms with Crippen molar-refractivity contribution >= 4 is 0 Å². The van der Waals surface area contributed by atoms with Gasteiger partial charge in [0.1, 0.15) is 0 Å². The molecule has 0 aromatic heterocycles. The van der Waals surface area contributed by atoms with Crippen molar-refractivity contribution in [3.05, 3.63) is 0 Å². The fraction of sp³-hybridized carbons (Fsp3) is 1.00. The molecule has 0 bridgehead atoms. The Morgan fingerprint density at radius 3 is 1.12 bits per heavy atom. The fourth-order valence-electron chi connectivity index (χ4n) is 4.39. The van der Waals surface area contributed by atoms with E-state index in [1.165, 1.54) is 6.42 Å². The highest BCUT2D eigenvalue weighted by molar-refractivity contribution is 5.02. The first-order valence-electron chi connectivity index (χ1n) is 10.6. The first-order valence-corrected chi connectivity index (χ1v) is 10.6. The summed E-state index contributed by atoms with van der Waals surface area (Å²) < 4.78 is 0. The Morgan fingerprint density at radius 2 is 0.840 bits per heavy atom. The minimum atomic E-state index is 0.255. The molecule has 0 heterocycles. The van der Waals surface area contributed by atoms with Crippen molar-refractivity contribution in [3.8, 4) is 0 Å². The van der Waals surface area contributed by atoms with Crippen molar-refractivity contribution in [2.75, 3.05) is 0 Å². The molecular weight excluding hydrogens is 300 g/mol. The SMILES string of the molecule is CC(C)C(C)(C)C(C)(C)C(C)C(C)(C)C(C)(C)CC(C)(C)C(C)(C)C. The molecule has 0 amide bonds. The lowest BCUT2D eigenvalue weighted by atomic mass is 9.46. The molecule has 1 unspecified atom stereocenters. The monoisotopic (exact) mass is 352 g/mol. The summed E-state index contributed by atoms with van der Waals surface area (Å²) in [7, 11) is 0. The van der Waals surface area contributed by atoms with E-state index in [9.17, 15) is 0 Å². The maximum atomic E-state index is 2.52. The van der Waals surface area contributed by atoms with Crippen LogP contribution in [0.5, 0.6) is 0 Å². The molecule has 0 aliphatic rings. The van der Waals surface area contributed by atoms with Crippen molar-refractivity contribution in [3.63, 3.8) is 0 Å². The zero-order valence-electron chi connectivity index (χ0n) is 20.9. The molecule has 0 aliphatic heterocycles. The smallest absolute Gasteiger partial charge is 0.0270 e. The summed E-state index contributed by atoms with van der Waals surface area (Å²) in [6.07, 6.45) is 1.25. The average Bonchev–Trinajstić information content (AvgIpc) is 2.34. The lowest BCUT2D eigenvalue weighted by Gasteiger charge is -2.59. The van der Waals surface area contributed by atoms with Crippen molar-refractivity contribution in [2.45, 2.75) is 117 Å². The third-order valence-electron chi connectivity index (χ3n) is 9.93. The Morgan fingerprint density at radius 1 is 0.480 bits per heavy atom. The van der Waals surface area contributed by atoms with Crippen LogP contribution in [0.25, 0.3) is 0 Å². The van der Waals surface area contributed by atoms with Gasteiger partial charge in [-0.1, -0.05) is 111 Å². The Hall–Kier alpha value is 0. The van der Waals surface area contributed by atoms with Crippen LogP contribution < -0.4 is 0 Å². The van der Waals surface area contributed by atoms with Crippen LogP contribution in [0, 0.1) is 44.3 Å². The van der Waals surface area contributed by atoms with Gasteiger partial charge in [0.25, 0.3) is 0 Å². The van der Waals surface area contributed by atoms with E-state index in [2.05, 4.69) is 111 Å². The lowest BCUT2D eigenvalue weighted by molar-refractivity contribution is -0.103. The second-order valence-corrected chi connectivity index (χ2v) is 13.2. The molecule has 0 N–H and O–H groups in total. The van der Waals surface area contributed by atoms with Crippen molar-refractivity contribution in [1.82, 2.24) is 0 Å². The molecule has 152 valence electrons. The molecule has 0 heteroatoms. The zero-order valence-corrected chi connectivity index (χ0v) is 20.9. The highest BCUT2D eigenvalue weighted by atomic mass is 14.6. The van der Waals surface area contributed by atoms with Gasteiger partial charge < -0.3 is 0 Å². The van der Waals surface area contributed by atoms with Gasteiger partial charge in [-0.25, -0.2) is 0 Å². The van der Waals surface area contributed by atoms with Gasteiger partial charge in [-0.15, -0.1) is 0 Å². The zero-order chi connectivity index (χ0) is 20.9. The standard InChI is InChI=1S/C25H52/c1-18(2)23(11,12)25(15,16)19(3)24(13,14)22(9,10)17-21(7,8)20(4,5)6/h18-19H,17H2,1-16H3. The van der Waals surface area contributed by atoms with Crippen LogP contribution in [-0.4, -0.2) is 0 Å². The Labute approximate surface area is 161 Å². The summed E-state index contributed by atoms with van der Waals surface area (Å²) in [5.41, 5.74) is 1.73. The molecule has 0 saturated carbocycles. The summed E-state index contributed by atoms with van der Waals surface area (Å²) in [4.78, 5) is 0. The van der Waals surface area contributed by atoms with Gasteiger partial charge in [0.05, 0.1) is 0 Å². The quantitative estimate of drug-likeness (QED) is 0.429. The molecule has 25 heavy (non-hydrogen) atoms. The summed E-state index contributed by atoms with van der Waals surface area (Å²) in [5, 5.41) is 0. The minimum absolute atomic E-state index is 0.255. The third kappa shape index (κ3) is 4.47. The summed E-state index contributed by atoms with van der Waals surface area (Å²) in [5.74, 6) is 1.30. The molecule has 0 radical (unpaired) electrons. The summed E-state index contributed by atoms with van der Waals surface area (Å²) >= 11 is 0. The Kier molecular flexibility index (Phi) is 6.87. The van der Waals surface area contributed by atoms with Crippen molar-refractivity contribution in [1.29, 1.82) is 0 Å². The largest absolute Gasteiger partial charge is 0.0622 e. The molecule has 0 aliphatic carbocycles. The topological polar surface area (TPSA) is 0 Å². The van der Waals surface area contributed by atoms with Gasteiger partial charge in [-0.2, -0.15) is 0 Å². The van der Waals surface area contributed by atoms with Crippen LogP contribution in [-0.2, 0) is 0 Å². The van der Waals surface area contributed by atoms with Crippen LogP contribution in [0.4, 0.5) is 0 Å². The predicted molar refractivity (Wildman–Crippen MR) is 117 cm³/mol. The van der Waals surface area contributed by atoms with E-state index in [-0.39, 0.29) is 16.2 Å². The van der Waals surface area contributed by atoms with Crippen LogP contribution in [0.3, 0.4) is 0 Å². The van der Waals surface area contributed by atoms with Gasteiger partial charge in [0.2, 0.25) is 0 Å². The van der Waals surface area contributed by atoms with Crippen LogP contribution in [0.15, 0.2) is 0 Å². The number of hydrogen-bond donors (Lipinski definition) is 0. The van der Waals surface area contributed by atoms with E-state index in [1.54, 1.807) is 0 Å². The first-order chi connectivity index (χ1) is 10.6. The van der Waals surface area contributed by atoms with E-state index >= 15 is 0 Å². The summed E-state index contributed by atoms with van der Waals surface area (Å²) in [6.45, 7) is 39.4. The van der Waals surface area contributed by atoms with Gasteiger partial charge in [0, 0.05) is 0 Å². The van der Waals surface area contributed by atoms with Gasteiger partial charge >= 0.3 is 0 Å². The second kappa shape index (κ2) is 6.87. The molecule has 0 rings (SSSR count). The second-order valence-electron chi connectivity index (χ2n) is 13.2. The van der Waals surface area contributed by atoms with Crippen LogP contribution in [0.1, 0.15) is 117 Å². The average molecular weight is 353 g/mol. The van der Waals surface area contributed by atoms with E-state index in [4.69, 9.17) is 0 Å². The third-order valence-corrected chi connectivity index (χ3v) is 9.93. The molecular formula is C25H52. The predicted octanol–water partition coefficient (Wildman–Crippen LogP) is 8.85. The first kappa shape index (κ1) is 25.0. The van der Waals surface area contributed by atoms with E-state index in [0.29, 0.717) is 28.1 Å². The van der Waals surface area contributed by atoms with Crippen LogP contribution >= 0.6 is 0 Å². The van der Waals surface area contributed by atoms with Gasteiger partial charge in [-0.05, 0) is 50.7 Å². The highest BCUT2D eigenvalue weighted by Crippen LogP contribution is 2.61. The van der Waals surface area contributed by atoms with E-state index < -0.39 is 0 Å². The fourth-order valence-corrected chi connectivity index (χ4v) is 4.39. The number of hydrogen-bond acceptors (Lipinski definition) is 0. The molecule has 0 aromatic rings. The minimum Gasteiger partial charge on any atom is -0.0622 e. The van der Waals surface area contributed by atoms with Crippen molar-refractivity contribution in [2.24, 2.45) is 44.3 Å². The molecule has 0 aromatic carbocycles. The molecule has 0 nitrogen and oxygen atoms in total. The van der Waals surface area contributed by atoms with Gasteiger partial charge in [-0.3, -0.25) is 0 Å². The molecule has 0 saturated heterocycles. The van der Waals surface area contributed by atoms with Crippen LogP contribution in [0.2, 0.25) is 0 Å². The number of rotatable bonds is 7. The maximum Gasteiger partial charge on any atom is -0.0270 e. The van der Waals surface area contributed by atoms with E-state index in [1.807, 2.05) is 0 Å². The molecule has 1 atom stereocenters. The van der Waals surface area contributed by atoms with Crippen molar-refractivity contribution < 1.29 is 0 Å². The highest BCUT2D eigenvalue weighted by Gasteiger charge is 2.53. The van der Waals surface area contributed by atoms with E-state index in [0.717, 1.165) is 0 Å². The lowest BCUT2D eigenvalue weighted by Crippen LogP contribution is -2.52. The molecule has 0 spiro atoms. The Balaban J connectivity index is 5.89. The Bertz CT molecular complexity index is 435. The van der Waals surface area contributed by atoms with Gasteiger partial charge in [0.15, 0.2) is 0 Å². The maximum absolute atomic E-state index is 2.52. The summed E-state index contributed by atoms with van der Waals surface area (Å²) in [6, 6.07) is 0. The normalized spacial score (nSPS) is 17.2.